The third-order valence-corrected chi connectivity index (χ3v) is 6.45. The number of hydrogen-bond donors (Lipinski definition) is 5. The van der Waals surface area contributed by atoms with Crippen molar-refractivity contribution in [3.63, 3.8) is 0 Å². The Labute approximate surface area is 302 Å². The van der Waals surface area contributed by atoms with Crippen molar-refractivity contribution >= 4 is 23.7 Å². The minimum atomic E-state index is -1.37. The van der Waals surface area contributed by atoms with E-state index in [0.29, 0.717) is 11.7 Å². The van der Waals surface area contributed by atoms with Gasteiger partial charge in [0.1, 0.15) is 0 Å². The number of carbonyl (C=O) groups is 2. The molecule has 2 aromatic heterocycles. The van der Waals surface area contributed by atoms with Crippen LogP contribution in [-0.4, -0.2) is 84.5 Å². The van der Waals surface area contributed by atoms with Crippen molar-refractivity contribution in [1.82, 2.24) is 25.9 Å². The van der Waals surface area contributed by atoms with E-state index in [2.05, 4.69) is 25.9 Å². The van der Waals surface area contributed by atoms with Gasteiger partial charge in [-0.2, -0.15) is 11.8 Å². The molecule has 44 heavy (non-hydrogen) atoms. The van der Waals surface area contributed by atoms with E-state index in [4.69, 9.17) is 10.2 Å². The summed E-state index contributed by atoms with van der Waals surface area (Å²) in [5, 5.41) is 26.3. The van der Waals surface area contributed by atoms with Crippen LogP contribution in [0.15, 0.2) is 61.2 Å². The Hall–Kier alpha value is -0.944. The van der Waals surface area contributed by atoms with Crippen LogP contribution in [0.4, 0.5) is 4.79 Å². The maximum Gasteiger partial charge on any atom is 0.315 e. The van der Waals surface area contributed by atoms with Crippen molar-refractivity contribution in [2.75, 3.05) is 12.3 Å². The molecule has 3 amide bonds. The van der Waals surface area contributed by atoms with Gasteiger partial charge in [0.15, 0.2) is 6.29 Å². The molecular weight excluding hydrogens is 790 g/mol. The molecule has 4 heterocycles. The molecule has 0 aromatic carbocycles. The summed E-state index contributed by atoms with van der Waals surface area (Å²) in [6.07, 6.45) is 9.00. The molecule has 0 aliphatic carbocycles. The van der Waals surface area contributed by atoms with Gasteiger partial charge in [-0.3, -0.25) is 14.8 Å². The fraction of sp³-hybridized carbons (Fsp3) is 0.478. The van der Waals surface area contributed by atoms with Crippen molar-refractivity contribution in [3.8, 4) is 0 Å². The standard InChI is InChI=1S/C13H23N3O4S.2C5H5N.4Co.7H2O/c17-10(14-6-5-11(18)19)4-2-1-3-9-12-8(7-21-9)15-13(20)16-12;2*1-2-4-6-5-3-1;;;;;;;;;;;/h8-9,11-12,18-19H,1-7H2,(H,14,17)(H2,15,16,20);2*1-5H;;;;;7*1H2/p+4/t8-,9-,12-;;;;;;;;;;;;;/m0............./s1. The van der Waals surface area contributed by atoms with Crippen LogP contribution in [-0.2, 0) is 93.8 Å². The molecule has 0 spiro atoms. The van der Waals surface area contributed by atoms with Gasteiger partial charge < -0.3 is 64.5 Å². The number of nitrogens with zero attached hydrogens (tertiary/aromatic N) is 2. The first-order valence-electron chi connectivity index (χ1n) is 11.1. The van der Waals surface area contributed by atoms with Crippen LogP contribution >= 0.6 is 11.8 Å². The molecule has 2 aliphatic rings. The summed E-state index contributed by atoms with van der Waals surface area (Å²) < 4.78 is 0. The Morgan fingerprint density at radius 1 is 0.841 bits per heavy atom. The van der Waals surface area contributed by atoms with Crippen LogP contribution in [0.2, 0.25) is 0 Å². The number of aliphatic hydroxyl groups excluding tert-OH is 1. The third kappa shape index (κ3) is 32.4. The van der Waals surface area contributed by atoms with E-state index in [1.807, 2.05) is 48.2 Å². The number of hydrogen-bond acceptors (Lipinski definition) is 7. The van der Waals surface area contributed by atoms with Crippen molar-refractivity contribution in [2.24, 2.45) is 0 Å². The van der Waals surface area contributed by atoms with Gasteiger partial charge in [0.25, 0.3) is 0 Å². The Morgan fingerprint density at radius 3 is 1.70 bits per heavy atom. The molecule has 2 fully saturated rings. The molecule has 0 bridgehead atoms. The van der Waals surface area contributed by atoms with Crippen LogP contribution in [0.25, 0.3) is 0 Å². The molecule has 0 unspecified atom stereocenters. The van der Waals surface area contributed by atoms with Gasteiger partial charge in [-0.05, 0) is 37.1 Å². The molecule has 4 radical (unpaired) electrons. The number of urea groups is 1. The molecule has 16 nitrogen and oxygen atoms in total. The minimum absolute atomic E-state index is 0. The van der Waals surface area contributed by atoms with Crippen molar-refractivity contribution < 1.29 is 125 Å². The van der Waals surface area contributed by atoms with E-state index < -0.39 is 6.29 Å². The topological polar surface area (TPSA) is 363 Å². The second-order valence-corrected chi connectivity index (χ2v) is 8.81. The van der Waals surface area contributed by atoms with Crippen LogP contribution in [0, 0.1) is 0 Å². The van der Waals surface area contributed by atoms with Crippen molar-refractivity contribution in [3.05, 3.63) is 61.2 Å². The van der Waals surface area contributed by atoms with E-state index in [1.165, 1.54) is 0 Å². The smallest absolute Gasteiger partial charge is 0.315 e. The SMILES string of the molecule is O.O.O.O=C(CCCC[C@@H]1SC[C@@H]2NC(=O)N[C@@H]21)NCCC(O)O.[Co].[Co].[Co].[Co].[OH3+].[OH3+].[OH3+].[OH3+].c1ccncc1.c1ccncc1. The van der Waals surface area contributed by atoms with Gasteiger partial charge in [-0.1, -0.05) is 18.6 Å². The quantitative estimate of drug-likeness (QED) is 0.0750. The zero-order valence-electron chi connectivity index (χ0n) is 23.7. The number of nitrogens with one attached hydrogen (secondary N) is 3. The van der Waals surface area contributed by atoms with Gasteiger partial charge in [0.2, 0.25) is 5.91 Å². The zero-order valence-corrected chi connectivity index (χ0v) is 28.7. The molecule has 21 heteroatoms. The number of carbonyl (C=O) groups excluding carboxylic acids is 2. The largest absolute Gasteiger partial charge is 0.457 e. The van der Waals surface area contributed by atoms with Crippen molar-refractivity contribution in [1.29, 1.82) is 0 Å². The minimum Gasteiger partial charge on any atom is -0.457 e. The fourth-order valence-electron chi connectivity index (χ4n) is 3.33. The predicted octanol–water partition coefficient (Wildman–Crippen LogP) is -4.48. The Morgan fingerprint density at radius 2 is 1.32 bits per heavy atom. The normalized spacial score (nSPS) is 15.2. The Bertz CT molecular complexity index is 736. The van der Waals surface area contributed by atoms with Crippen LogP contribution in [0.1, 0.15) is 32.1 Å². The Balaban J connectivity index is -0.0000000541. The van der Waals surface area contributed by atoms with Gasteiger partial charge in [0.05, 0.1) is 12.1 Å². The first-order chi connectivity index (χ1) is 16.1. The molecule has 2 aromatic rings. The van der Waals surface area contributed by atoms with E-state index in [0.717, 1.165) is 25.0 Å². The number of pyridine rings is 2. The third-order valence-electron chi connectivity index (χ3n) is 4.94. The molecule has 23 N–H and O–H groups in total. The van der Waals surface area contributed by atoms with Crippen LogP contribution in [0.5, 0.6) is 0 Å². The average molecular weight is 841 g/mol. The average Bonchev–Trinajstić information content (AvgIpc) is 3.39. The predicted molar refractivity (Wildman–Crippen MR) is 159 cm³/mol. The van der Waals surface area contributed by atoms with E-state index in [9.17, 15) is 9.59 Å². The van der Waals surface area contributed by atoms with Gasteiger partial charge in [-0.15, -0.1) is 0 Å². The van der Waals surface area contributed by atoms with Gasteiger partial charge in [0, 0.05) is 122 Å². The zero-order chi connectivity index (χ0) is 23.7. The summed E-state index contributed by atoms with van der Waals surface area (Å²) in [5.74, 6) is 0.904. The second-order valence-electron chi connectivity index (χ2n) is 7.54. The maximum atomic E-state index is 11.5. The number of unbranched alkanes of at least 4 members (excludes halogenated alkanes) is 1. The van der Waals surface area contributed by atoms with Gasteiger partial charge in [-0.25, -0.2) is 4.79 Å². The number of aliphatic hydroxyl groups is 2. The first kappa shape index (κ1) is 69.7. The van der Waals surface area contributed by atoms with E-state index in [-0.39, 0.29) is 142 Å². The molecule has 3 atom stereocenters. The first-order valence-corrected chi connectivity index (χ1v) is 12.1. The van der Waals surface area contributed by atoms with Gasteiger partial charge >= 0.3 is 6.03 Å². The van der Waals surface area contributed by atoms with Crippen molar-refractivity contribution in [2.45, 2.75) is 55.7 Å². The maximum absolute atomic E-state index is 11.5. The van der Waals surface area contributed by atoms with E-state index in [1.54, 1.807) is 24.8 Å². The molecule has 2 saturated heterocycles. The fourth-order valence-corrected chi connectivity index (χ4v) is 4.87. The van der Waals surface area contributed by atoms with Crippen LogP contribution < -0.4 is 16.0 Å². The number of aromatic nitrogens is 2. The number of fused-ring (bicyclic) bond motifs is 1. The molecule has 272 valence electrons. The second kappa shape index (κ2) is 44.2. The summed E-state index contributed by atoms with van der Waals surface area (Å²) in [4.78, 5) is 30.3. The Kier molecular flexibility index (Phi) is 70.0. The summed E-state index contributed by atoms with van der Waals surface area (Å²) >= 11 is 1.88. The number of thioether (sulfide) groups is 1. The molecule has 2 aliphatic heterocycles. The molecule has 0 saturated carbocycles. The summed E-state index contributed by atoms with van der Waals surface area (Å²) in [7, 11) is 0. The number of amides is 3. The molecular formula is C23H51Co4N5O11S+4. The summed E-state index contributed by atoms with van der Waals surface area (Å²) in [5.41, 5.74) is 0. The summed E-state index contributed by atoms with van der Waals surface area (Å²) in [6, 6.07) is 11.8. The number of rotatable bonds is 8. The van der Waals surface area contributed by atoms with E-state index >= 15 is 0 Å². The molecule has 4 rings (SSSR count). The van der Waals surface area contributed by atoms with Crippen LogP contribution in [0.3, 0.4) is 0 Å². The monoisotopic (exact) mass is 841 g/mol. The summed E-state index contributed by atoms with van der Waals surface area (Å²) in [6.45, 7) is 0.288.